The van der Waals surface area contributed by atoms with Gasteiger partial charge in [-0.2, -0.15) is 0 Å². The van der Waals surface area contributed by atoms with Gasteiger partial charge in [0.15, 0.2) is 5.96 Å². The van der Waals surface area contributed by atoms with E-state index in [-0.39, 0.29) is 0 Å². The molecule has 1 saturated heterocycles. The first kappa shape index (κ1) is 22.0. The van der Waals surface area contributed by atoms with Crippen LogP contribution < -0.4 is 10.6 Å². The lowest BCUT2D eigenvalue weighted by atomic mass is 10.1. The summed E-state index contributed by atoms with van der Waals surface area (Å²) < 4.78 is 0. The van der Waals surface area contributed by atoms with Crippen molar-refractivity contribution in [1.82, 2.24) is 20.4 Å². The molecule has 6 heteroatoms. The van der Waals surface area contributed by atoms with Crippen molar-refractivity contribution >= 4 is 17.6 Å². The van der Waals surface area contributed by atoms with Crippen LogP contribution in [0.5, 0.6) is 0 Å². The van der Waals surface area contributed by atoms with Gasteiger partial charge in [-0.1, -0.05) is 30.7 Å². The molecule has 0 unspecified atom stereocenters. The molecule has 1 fully saturated rings. The topological polar surface area (TPSA) is 42.9 Å². The van der Waals surface area contributed by atoms with Gasteiger partial charge < -0.3 is 20.4 Å². The van der Waals surface area contributed by atoms with Gasteiger partial charge in [0, 0.05) is 50.8 Å². The average Bonchev–Trinajstić information content (AvgIpc) is 2.68. The summed E-state index contributed by atoms with van der Waals surface area (Å²) >= 11 is 6.04. The summed E-state index contributed by atoms with van der Waals surface area (Å²) in [5.74, 6) is 0.913. The van der Waals surface area contributed by atoms with Gasteiger partial charge in [0.2, 0.25) is 0 Å². The SMILES string of the molecule is CCNC(=NCCCCN1CCN(CC)CC1)NCCc1cccc(Cl)c1. The number of unbranched alkanes of at least 4 members (excludes halogenated alkanes) is 1. The molecule has 0 aliphatic carbocycles. The predicted octanol–water partition coefficient (Wildman–Crippen LogP) is 2.86. The van der Waals surface area contributed by atoms with E-state index in [1.807, 2.05) is 18.2 Å². The lowest BCUT2D eigenvalue weighted by Gasteiger charge is -2.33. The molecular formula is C21H36ClN5. The second-order valence-electron chi connectivity index (χ2n) is 7.05. The number of aliphatic imine (C=N–C) groups is 1. The maximum absolute atomic E-state index is 6.04. The Morgan fingerprint density at radius 1 is 1.07 bits per heavy atom. The van der Waals surface area contributed by atoms with Crippen LogP contribution in [0.2, 0.25) is 5.02 Å². The molecular weight excluding hydrogens is 358 g/mol. The van der Waals surface area contributed by atoms with Crippen molar-refractivity contribution in [2.75, 3.05) is 58.9 Å². The summed E-state index contributed by atoms with van der Waals surface area (Å²) in [5, 5.41) is 7.54. The van der Waals surface area contributed by atoms with Gasteiger partial charge in [-0.25, -0.2) is 0 Å². The third-order valence-electron chi connectivity index (χ3n) is 5.00. The molecule has 5 nitrogen and oxygen atoms in total. The molecule has 1 aliphatic heterocycles. The highest BCUT2D eigenvalue weighted by Crippen LogP contribution is 2.10. The fourth-order valence-corrected chi connectivity index (χ4v) is 3.54. The Kier molecular flexibility index (Phi) is 10.6. The van der Waals surface area contributed by atoms with Gasteiger partial charge in [-0.3, -0.25) is 4.99 Å². The molecule has 2 rings (SSSR count). The van der Waals surface area contributed by atoms with Crippen LogP contribution in [-0.4, -0.2) is 74.7 Å². The van der Waals surface area contributed by atoms with E-state index in [0.717, 1.165) is 43.5 Å². The minimum absolute atomic E-state index is 0.796. The van der Waals surface area contributed by atoms with Crippen LogP contribution in [0.3, 0.4) is 0 Å². The summed E-state index contributed by atoms with van der Waals surface area (Å²) in [6, 6.07) is 8.04. The molecule has 0 spiro atoms. The summed E-state index contributed by atoms with van der Waals surface area (Å²) in [6.07, 6.45) is 3.30. The zero-order valence-corrected chi connectivity index (χ0v) is 17.8. The van der Waals surface area contributed by atoms with E-state index in [4.69, 9.17) is 16.6 Å². The molecule has 1 aromatic carbocycles. The minimum atomic E-state index is 0.796. The van der Waals surface area contributed by atoms with Crippen LogP contribution in [0.25, 0.3) is 0 Å². The first-order valence-electron chi connectivity index (χ1n) is 10.4. The number of hydrogen-bond acceptors (Lipinski definition) is 3. The molecule has 1 heterocycles. The summed E-state index contributed by atoms with van der Waals surface area (Å²) in [7, 11) is 0. The van der Waals surface area contributed by atoms with E-state index in [1.165, 1.54) is 51.3 Å². The molecule has 152 valence electrons. The Bertz CT molecular complexity index is 555. The van der Waals surface area contributed by atoms with E-state index in [1.54, 1.807) is 0 Å². The second-order valence-corrected chi connectivity index (χ2v) is 7.49. The van der Waals surface area contributed by atoms with Crippen LogP contribution in [0.15, 0.2) is 29.3 Å². The zero-order valence-electron chi connectivity index (χ0n) is 17.0. The normalized spacial score (nSPS) is 16.5. The number of halogens is 1. The lowest BCUT2D eigenvalue weighted by molar-refractivity contribution is 0.136. The fraction of sp³-hybridized carbons (Fsp3) is 0.667. The third kappa shape index (κ3) is 8.96. The van der Waals surface area contributed by atoms with Crippen LogP contribution in [-0.2, 0) is 6.42 Å². The quantitative estimate of drug-likeness (QED) is 0.364. The van der Waals surface area contributed by atoms with Gasteiger partial charge in [0.25, 0.3) is 0 Å². The predicted molar refractivity (Wildman–Crippen MR) is 117 cm³/mol. The Balaban J connectivity index is 1.61. The standard InChI is InChI=1S/C21H36ClN5/c1-3-23-21(25-12-10-19-8-7-9-20(22)18-19)24-11-5-6-13-27-16-14-26(4-2)15-17-27/h7-9,18H,3-6,10-17H2,1-2H3,(H2,23,24,25). The maximum atomic E-state index is 6.04. The molecule has 0 saturated carbocycles. The van der Waals surface area contributed by atoms with Gasteiger partial charge in [0.05, 0.1) is 0 Å². The van der Waals surface area contributed by atoms with Crippen LogP contribution in [0.4, 0.5) is 0 Å². The average molecular weight is 394 g/mol. The molecule has 27 heavy (non-hydrogen) atoms. The number of nitrogens with zero attached hydrogens (tertiary/aromatic N) is 3. The Morgan fingerprint density at radius 3 is 2.56 bits per heavy atom. The number of likely N-dealkylation sites (N-methyl/N-ethyl adjacent to an activating group) is 1. The van der Waals surface area contributed by atoms with Crippen molar-refractivity contribution in [3.8, 4) is 0 Å². The molecule has 1 aromatic rings. The third-order valence-corrected chi connectivity index (χ3v) is 5.24. The molecule has 2 N–H and O–H groups in total. The van der Waals surface area contributed by atoms with Crippen molar-refractivity contribution in [2.45, 2.75) is 33.1 Å². The minimum Gasteiger partial charge on any atom is -0.357 e. The number of rotatable bonds is 10. The maximum Gasteiger partial charge on any atom is 0.191 e. The van der Waals surface area contributed by atoms with Gasteiger partial charge >= 0.3 is 0 Å². The van der Waals surface area contributed by atoms with Crippen LogP contribution >= 0.6 is 11.6 Å². The molecule has 1 aliphatic rings. The largest absolute Gasteiger partial charge is 0.357 e. The highest BCUT2D eigenvalue weighted by atomic mass is 35.5. The molecule has 0 radical (unpaired) electrons. The first-order valence-corrected chi connectivity index (χ1v) is 10.8. The molecule has 0 aromatic heterocycles. The number of benzene rings is 1. The highest BCUT2D eigenvalue weighted by molar-refractivity contribution is 6.30. The number of hydrogen-bond donors (Lipinski definition) is 2. The van der Waals surface area contributed by atoms with Crippen LogP contribution in [0.1, 0.15) is 32.3 Å². The Hall–Kier alpha value is -1.30. The van der Waals surface area contributed by atoms with Crippen molar-refractivity contribution in [3.63, 3.8) is 0 Å². The molecule has 0 amide bonds. The number of nitrogens with one attached hydrogen (secondary N) is 2. The highest BCUT2D eigenvalue weighted by Gasteiger charge is 2.14. The van der Waals surface area contributed by atoms with E-state index in [9.17, 15) is 0 Å². The second kappa shape index (κ2) is 13.0. The zero-order chi connectivity index (χ0) is 19.3. The molecule has 0 atom stereocenters. The first-order chi connectivity index (χ1) is 13.2. The van der Waals surface area contributed by atoms with Gasteiger partial charge in [0.1, 0.15) is 0 Å². The summed E-state index contributed by atoms with van der Waals surface area (Å²) in [5.41, 5.74) is 1.24. The Labute approximate surface area is 170 Å². The van der Waals surface area contributed by atoms with Crippen molar-refractivity contribution in [1.29, 1.82) is 0 Å². The van der Waals surface area contributed by atoms with Crippen LogP contribution in [0, 0.1) is 0 Å². The smallest absolute Gasteiger partial charge is 0.191 e. The molecule has 0 bridgehead atoms. The lowest BCUT2D eigenvalue weighted by Crippen LogP contribution is -2.46. The van der Waals surface area contributed by atoms with Gasteiger partial charge in [-0.05, 0) is 57.0 Å². The van der Waals surface area contributed by atoms with E-state index in [2.05, 4.69) is 40.3 Å². The number of piperazine rings is 1. The van der Waals surface area contributed by atoms with E-state index >= 15 is 0 Å². The summed E-state index contributed by atoms with van der Waals surface area (Å²) in [6.45, 7) is 14.2. The van der Waals surface area contributed by atoms with E-state index < -0.39 is 0 Å². The monoisotopic (exact) mass is 393 g/mol. The van der Waals surface area contributed by atoms with Crippen molar-refractivity contribution < 1.29 is 0 Å². The number of guanidine groups is 1. The Morgan fingerprint density at radius 2 is 1.85 bits per heavy atom. The van der Waals surface area contributed by atoms with E-state index in [0.29, 0.717) is 0 Å². The van der Waals surface area contributed by atoms with Gasteiger partial charge in [-0.15, -0.1) is 0 Å². The summed E-state index contributed by atoms with van der Waals surface area (Å²) in [4.78, 5) is 9.83. The van der Waals surface area contributed by atoms with Crippen molar-refractivity contribution in [2.24, 2.45) is 4.99 Å². The van der Waals surface area contributed by atoms with Crippen molar-refractivity contribution in [3.05, 3.63) is 34.9 Å². The fourth-order valence-electron chi connectivity index (χ4n) is 3.33.